The Morgan fingerprint density at radius 1 is 1.62 bits per heavy atom. The van der Waals surface area contributed by atoms with E-state index in [4.69, 9.17) is 10.2 Å². The maximum absolute atomic E-state index is 10.2. The highest BCUT2D eigenvalue weighted by Crippen LogP contribution is 2.05. The molecular weight excluding hydrogens is 192 g/mol. The topological polar surface area (TPSA) is 105 Å². The molecule has 0 saturated heterocycles. The van der Waals surface area contributed by atoms with Crippen molar-refractivity contribution >= 4 is 14.8 Å². The number of rotatable bonds is 6. The van der Waals surface area contributed by atoms with E-state index in [9.17, 15) is 14.4 Å². The largest absolute Gasteiger partial charge is 0.495 e. The molecule has 6 nitrogen and oxygen atoms in total. The first-order valence-electron chi connectivity index (χ1n) is 4.10. The summed E-state index contributed by atoms with van der Waals surface area (Å²) in [5.41, 5.74) is 4.81. The number of hydrogen-bond acceptors (Lipinski definition) is 4. The van der Waals surface area contributed by atoms with Crippen LogP contribution >= 0.6 is 0 Å². The SMILES string of the molecule is CCO[Si](O)(O)CCCNC(N)=O. The highest BCUT2D eigenvalue weighted by Gasteiger charge is 2.30. The fourth-order valence-electron chi connectivity index (χ4n) is 0.834. The van der Waals surface area contributed by atoms with Crippen molar-refractivity contribution in [1.29, 1.82) is 0 Å². The summed E-state index contributed by atoms with van der Waals surface area (Å²) in [5, 5.41) is 2.34. The third-order valence-electron chi connectivity index (χ3n) is 1.35. The van der Waals surface area contributed by atoms with Gasteiger partial charge >= 0.3 is 14.8 Å². The molecule has 2 amide bonds. The van der Waals surface area contributed by atoms with Crippen LogP contribution in [0.25, 0.3) is 0 Å². The number of carbonyl (C=O) groups is 1. The maximum atomic E-state index is 10.2. The molecule has 13 heavy (non-hydrogen) atoms. The van der Waals surface area contributed by atoms with Crippen molar-refractivity contribution in [1.82, 2.24) is 5.32 Å². The highest BCUT2D eigenvalue weighted by atomic mass is 28.4. The summed E-state index contributed by atoms with van der Waals surface area (Å²) in [6.45, 7) is 2.30. The van der Waals surface area contributed by atoms with E-state index in [0.29, 0.717) is 13.0 Å². The minimum Gasteiger partial charge on any atom is -0.390 e. The average Bonchev–Trinajstić information content (AvgIpc) is 1.98. The van der Waals surface area contributed by atoms with Gasteiger partial charge in [-0.3, -0.25) is 0 Å². The van der Waals surface area contributed by atoms with Gasteiger partial charge in [0.15, 0.2) is 0 Å². The zero-order valence-corrected chi connectivity index (χ0v) is 8.62. The first-order valence-corrected chi connectivity index (χ1v) is 6.11. The first-order chi connectivity index (χ1) is 5.98. The molecule has 0 spiro atoms. The van der Waals surface area contributed by atoms with Gasteiger partial charge in [-0.25, -0.2) is 4.79 Å². The lowest BCUT2D eigenvalue weighted by atomic mass is 10.5. The van der Waals surface area contributed by atoms with Crippen LogP contribution in [0.1, 0.15) is 13.3 Å². The molecule has 0 bridgehead atoms. The third kappa shape index (κ3) is 7.72. The van der Waals surface area contributed by atoms with Gasteiger partial charge in [-0.15, -0.1) is 0 Å². The van der Waals surface area contributed by atoms with Crippen molar-refractivity contribution in [3.8, 4) is 0 Å². The number of carbonyl (C=O) groups excluding carboxylic acids is 1. The van der Waals surface area contributed by atoms with Crippen LogP contribution in [0.5, 0.6) is 0 Å². The number of urea groups is 1. The first kappa shape index (κ1) is 12.4. The summed E-state index contributed by atoms with van der Waals surface area (Å²) in [6.07, 6.45) is 0.447. The molecule has 0 aromatic carbocycles. The predicted octanol–water partition coefficient (Wildman–Crippen LogP) is -0.995. The monoisotopic (exact) mass is 208 g/mol. The van der Waals surface area contributed by atoms with Gasteiger partial charge in [-0.1, -0.05) is 0 Å². The van der Waals surface area contributed by atoms with Crippen LogP contribution in [0.15, 0.2) is 0 Å². The Labute approximate surface area is 78.1 Å². The van der Waals surface area contributed by atoms with Crippen LogP contribution in [-0.2, 0) is 4.43 Å². The standard InChI is InChI=1S/C6H16N2O4Si/c1-2-12-13(10,11)5-3-4-8-6(7)9/h10-11H,2-5H2,1H3,(H3,7,8,9). The zero-order chi connectivity index (χ0) is 10.3. The van der Waals surface area contributed by atoms with Crippen LogP contribution in [0.2, 0.25) is 6.04 Å². The molecule has 0 heterocycles. The molecule has 0 fully saturated rings. The molecule has 0 rings (SSSR count). The van der Waals surface area contributed by atoms with Crippen molar-refractivity contribution in [2.24, 2.45) is 5.73 Å². The quantitative estimate of drug-likeness (QED) is 0.332. The van der Waals surface area contributed by atoms with Crippen molar-refractivity contribution in [2.75, 3.05) is 13.2 Å². The number of primary amides is 1. The second-order valence-corrected chi connectivity index (χ2v) is 4.85. The summed E-state index contributed by atoms with van der Waals surface area (Å²) >= 11 is 0. The Morgan fingerprint density at radius 3 is 2.69 bits per heavy atom. The molecule has 7 heteroatoms. The van der Waals surface area contributed by atoms with E-state index in [1.165, 1.54) is 0 Å². The van der Waals surface area contributed by atoms with E-state index < -0.39 is 14.8 Å². The number of hydrogen-bond donors (Lipinski definition) is 4. The van der Waals surface area contributed by atoms with Gasteiger partial charge in [0.1, 0.15) is 0 Å². The van der Waals surface area contributed by atoms with Gasteiger partial charge in [-0.2, -0.15) is 0 Å². The van der Waals surface area contributed by atoms with Gasteiger partial charge in [-0.05, 0) is 13.3 Å². The van der Waals surface area contributed by atoms with Crippen molar-refractivity contribution < 1.29 is 18.8 Å². The number of amides is 2. The molecule has 5 N–H and O–H groups in total. The summed E-state index contributed by atoms with van der Waals surface area (Å²) in [4.78, 5) is 28.6. The molecule has 0 aromatic heterocycles. The Bertz CT molecular complexity index is 165. The van der Waals surface area contributed by atoms with Gasteiger partial charge in [0.25, 0.3) is 0 Å². The second kappa shape index (κ2) is 5.92. The molecule has 0 radical (unpaired) electrons. The summed E-state index contributed by atoms with van der Waals surface area (Å²) in [5.74, 6) is 0. The zero-order valence-electron chi connectivity index (χ0n) is 7.62. The van der Waals surface area contributed by atoms with Crippen LogP contribution in [0.3, 0.4) is 0 Å². The molecule has 0 aliphatic carbocycles. The fourth-order valence-corrected chi connectivity index (χ4v) is 2.08. The van der Waals surface area contributed by atoms with Crippen LogP contribution in [0, 0.1) is 0 Å². The van der Waals surface area contributed by atoms with E-state index >= 15 is 0 Å². The second-order valence-electron chi connectivity index (χ2n) is 2.57. The normalized spacial score (nSPS) is 11.3. The van der Waals surface area contributed by atoms with Gasteiger partial charge in [0.05, 0.1) is 0 Å². The third-order valence-corrected chi connectivity index (χ3v) is 3.11. The highest BCUT2D eigenvalue weighted by molar-refractivity contribution is 6.57. The van der Waals surface area contributed by atoms with E-state index in [-0.39, 0.29) is 12.7 Å². The Kier molecular flexibility index (Phi) is 5.63. The van der Waals surface area contributed by atoms with Crippen LogP contribution in [0.4, 0.5) is 4.79 Å². The van der Waals surface area contributed by atoms with Crippen molar-refractivity contribution in [3.63, 3.8) is 0 Å². The van der Waals surface area contributed by atoms with E-state index in [1.807, 2.05) is 0 Å². The smallest absolute Gasteiger partial charge is 0.390 e. The summed E-state index contributed by atoms with van der Waals surface area (Å²) < 4.78 is 4.74. The Balaban J connectivity index is 3.45. The van der Waals surface area contributed by atoms with Crippen molar-refractivity contribution in [2.45, 2.75) is 19.4 Å². The molecule has 78 valence electrons. The predicted molar refractivity (Wildman–Crippen MR) is 48.8 cm³/mol. The lowest BCUT2D eigenvalue weighted by Gasteiger charge is -2.16. The van der Waals surface area contributed by atoms with Gasteiger partial charge in [0.2, 0.25) is 0 Å². The van der Waals surface area contributed by atoms with E-state index in [2.05, 4.69) is 5.32 Å². The van der Waals surface area contributed by atoms with Gasteiger partial charge < -0.3 is 25.1 Å². The number of nitrogens with one attached hydrogen (secondary N) is 1. The molecular formula is C6H16N2O4Si. The summed E-state index contributed by atoms with van der Waals surface area (Å²) in [6, 6.07) is -0.444. The molecule has 0 unspecified atom stereocenters. The molecule has 0 saturated carbocycles. The minimum absolute atomic E-state index is 0.168. The van der Waals surface area contributed by atoms with Gasteiger partial charge in [0, 0.05) is 19.2 Å². The molecule has 0 aromatic rings. The fraction of sp³-hybridized carbons (Fsp3) is 0.833. The van der Waals surface area contributed by atoms with E-state index in [1.54, 1.807) is 6.92 Å². The lowest BCUT2D eigenvalue weighted by Crippen LogP contribution is -2.40. The molecule has 0 aliphatic rings. The van der Waals surface area contributed by atoms with Crippen LogP contribution in [-0.4, -0.2) is 37.6 Å². The summed E-state index contributed by atoms with van der Waals surface area (Å²) in [7, 11) is -3.47. The lowest BCUT2D eigenvalue weighted by molar-refractivity contribution is 0.155. The Morgan fingerprint density at radius 2 is 2.23 bits per heavy atom. The maximum Gasteiger partial charge on any atom is 0.495 e. The molecule has 0 aliphatic heterocycles. The Hall–Kier alpha value is -0.633. The minimum atomic E-state index is -3.47. The molecule has 0 atom stereocenters. The number of nitrogens with two attached hydrogens (primary N) is 1. The average molecular weight is 208 g/mol. The van der Waals surface area contributed by atoms with Crippen molar-refractivity contribution in [3.05, 3.63) is 0 Å². The van der Waals surface area contributed by atoms with E-state index in [0.717, 1.165) is 0 Å². The van der Waals surface area contributed by atoms with Crippen LogP contribution < -0.4 is 11.1 Å².